The summed E-state index contributed by atoms with van der Waals surface area (Å²) in [4.78, 5) is 15.9. The van der Waals surface area contributed by atoms with E-state index in [1.165, 1.54) is 0 Å². The van der Waals surface area contributed by atoms with E-state index in [4.69, 9.17) is 4.74 Å². The van der Waals surface area contributed by atoms with Crippen molar-refractivity contribution in [1.29, 1.82) is 0 Å². The fourth-order valence-electron chi connectivity index (χ4n) is 2.10. The van der Waals surface area contributed by atoms with Crippen LogP contribution in [0.5, 0.6) is 0 Å². The van der Waals surface area contributed by atoms with Crippen LogP contribution in [0.4, 0.5) is 0 Å². The van der Waals surface area contributed by atoms with E-state index in [0.717, 1.165) is 30.3 Å². The zero-order chi connectivity index (χ0) is 17.8. The second-order valence-electron chi connectivity index (χ2n) is 6.13. The zero-order valence-corrected chi connectivity index (χ0v) is 15.8. The molecule has 0 saturated heterocycles. The molecule has 0 rings (SSSR count). The number of nitrogens with zero attached hydrogens (tertiary/aromatic N) is 1. The molecule has 0 radical (unpaired) electrons. The summed E-state index contributed by atoms with van der Waals surface area (Å²) in [5.74, 6) is 1.43. The van der Waals surface area contributed by atoms with E-state index in [0.29, 0.717) is 11.8 Å². The van der Waals surface area contributed by atoms with Crippen LogP contribution >= 0.6 is 0 Å². The molecule has 0 spiro atoms. The van der Waals surface area contributed by atoms with Crippen LogP contribution in [0.2, 0.25) is 0 Å². The van der Waals surface area contributed by atoms with E-state index in [1.54, 1.807) is 7.11 Å². The second kappa shape index (κ2) is 11.9. The lowest BCUT2D eigenvalue weighted by atomic mass is 9.87. The Labute approximate surface area is 142 Å². The first kappa shape index (κ1) is 21.4. The molecule has 0 aliphatic heterocycles. The minimum absolute atomic E-state index is 0.125. The van der Waals surface area contributed by atoms with Gasteiger partial charge in [0.25, 0.3) is 0 Å². The summed E-state index contributed by atoms with van der Waals surface area (Å²) in [6, 6.07) is 0. The Balaban J connectivity index is 5.40. The molecule has 0 bridgehead atoms. The van der Waals surface area contributed by atoms with Crippen molar-refractivity contribution in [2.24, 2.45) is 22.7 Å². The van der Waals surface area contributed by atoms with Crippen molar-refractivity contribution in [1.82, 2.24) is 0 Å². The van der Waals surface area contributed by atoms with Crippen molar-refractivity contribution < 1.29 is 9.53 Å². The van der Waals surface area contributed by atoms with Crippen LogP contribution in [0.15, 0.2) is 40.2 Å². The van der Waals surface area contributed by atoms with Gasteiger partial charge in [0.15, 0.2) is 0 Å². The zero-order valence-electron chi connectivity index (χ0n) is 15.8. The van der Waals surface area contributed by atoms with Gasteiger partial charge in [0.1, 0.15) is 6.29 Å². The molecule has 0 fully saturated rings. The van der Waals surface area contributed by atoms with Crippen molar-refractivity contribution >= 4 is 12.5 Å². The third-order valence-corrected chi connectivity index (χ3v) is 3.97. The van der Waals surface area contributed by atoms with E-state index in [-0.39, 0.29) is 11.8 Å². The number of ether oxygens (including phenoxy) is 1. The van der Waals surface area contributed by atoms with Crippen LogP contribution in [-0.2, 0) is 9.53 Å². The Morgan fingerprint density at radius 1 is 1.04 bits per heavy atom. The second-order valence-corrected chi connectivity index (χ2v) is 6.13. The van der Waals surface area contributed by atoms with E-state index in [2.05, 4.69) is 45.7 Å². The monoisotopic (exact) mass is 319 g/mol. The Morgan fingerprint density at radius 2 is 1.65 bits per heavy atom. The molecule has 23 heavy (non-hydrogen) atoms. The highest BCUT2D eigenvalue weighted by Crippen LogP contribution is 2.22. The number of hydrogen-bond donors (Lipinski definition) is 0. The summed E-state index contributed by atoms with van der Waals surface area (Å²) in [6.45, 7) is 12.6. The van der Waals surface area contributed by atoms with Gasteiger partial charge in [0.2, 0.25) is 5.88 Å². The molecule has 0 aromatic heterocycles. The van der Waals surface area contributed by atoms with Crippen LogP contribution in [0, 0.1) is 17.8 Å². The number of carbonyl (C=O) groups excluding carboxylic acids is 1. The summed E-state index contributed by atoms with van der Waals surface area (Å²) < 4.78 is 5.22. The third kappa shape index (κ3) is 7.96. The van der Waals surface area contributed by atoms with Gasteiger partial charge in [-0.05, 0) is 41.9 Å². The Bertz CT molecular complexity index is 470. The minimum Gasteiger partial charge on any atom is -0.481 e. The molecule has 0 saturated carbocycles. The van der Waals surface area contributed by atoms with Gasteiger partial charge < -0.3 is 4.74 Å². The van der Waals surface area contributed by atoms with E-state index in [1.807, 2.05) is 25.3 Å². The highest BCUT2D eigenvalue weighted by Gasteiger charge is 2.14. The molecular formula is C20H33NO2. The lowest BCUT2D eigenvalue weighted by Crippen LogP contribution is -2.10. The normalized spacial score (nSPS) is 16.8. The summed E-state index contributed by atoms with van der Waals surface area (Å²) >= 11 is 0. The van der Waals surface area contributed by atoms with Crippen LogP contribution in [0.3, 0.4) is 0 Å². The van der Waals surface area contributed by atoms with E-state index < -0.39 is 0 Å². The number of rotatable bonds is 10. The summed E-state index contributed by atoms with van der Waals surface area (Å²) in [7, 11) is 1.63. The Kier molecular flexibility index (Phi) is 11.0. The van der Waals surface area contributed by atoms with E-state index in [9.17, 15) is 4.79 Å². The van der Waals surface area contributed by atoms with Gasteiger partial charge in [-0.1, -0.05) is 53.7 Å². The van der Waals surface area contributed by atoms with Crippen molar-refractivity contribution in [3.63, 3.8) is 0 Å². The Morgan fingerprint density at radius 3 is 2.09 bits per heavy atom. The maximum Gasteiger partial charge on any atom is 0.208 e. The molecule has 0 aromatic carbocycles. The van der Waals surface area contributed by atoms with Crippen molar-refractivity contribution in [2.75, 3.05) is 7.11 Å². The molecule has 0 N–H and O–H groups in total. The van der Waals surface area contributed by atoms with Crippen LogP contribution in [0.25, 0.3) is 0 Å². The van der Waals surface area contributed by atoms with Gasteiger partial charge >= 0.3 is 0 Å². The van der Waals surface area contributed by atoms with Crippen molar-refractivity contribution in [3.8, 4) is 0 Å². The summed E-state index contributed by atoms with van der Waals surface area (Å²) in [6.07, 6.45) is 10.8. The van der Waals surface area contributed by atoms with Crippen LogP contribution in [0.1, 0.15) is 54.4 Å². The molecule has 130 valence electrons. The van der Waals surface area contributed by atoms with Gasteiger partial charge in [0.05, 0.1) is 7.11 Å². The van der Waals surface area contributed by atoms with Crippen molar-refractivity contribution in [3.05, 3.63) is 35.3 Å². The quantitative estimate of drug-likeness (QED) is 0.179. The highest BCUT2D eigenvalue weighted by atomic mass is 16.5. The van der Waals surface area contributed by atoms with Crippen LogP contribution in [-0.4, -0.2) is 19.6 Å². The molecule has 0 aliphatic rings. The predicted molar refractivity (Wildman–Crippen MR) is 99.6 cm³/mol. The van der Waals surface area contributed by atoms with Crippen molar-refractivity contribution in [2.45, 2.75) is 54.4 Å². The fourth-order valence-corrected chi connectivity index (χ4v) is 2.10. The molecule has 3 heteroatoms. The molecule has 3 nitrogen and oxygen atoms in total. The molecule has 2 unspecified atom stereocenters. The average molecular weight is 319 g/mol. The molecular weight excluding hydrogens is 286 g/mol. The smallest absolute Gasteiger partial charge is 0.208 e. The fraction of sp³-hybridized carbons (Fsp3) is 0.600. The number of methoxy groups -OCH3 is 1. The van der Waals surface area contributed by atoms with Gasteiger partial charge in [-0.2, -0.15) is 0 Å². The molecule has 0 amide bonds. The lowest BCUT2D eigenvalue weighted by Gasteiger charge is -2.17. The summed E-state index contributed by atoms with van der Waals surface area (Å²) in [5, 5.41) is 0. The van der Waals surface area contributed by atoms with Gasteiger partial charge in [0, 0.05) is 12.1 Å². The number of hydrogen-bond acceptors (Lipinski definition) is 3. The van der Waals surface area contributed by atoms with Crippen LogP contribution < -0.4 is 0 Å². The molecule has 0 aliphatic carbocycles. The minimum atomic E-state index is 0.125. The molecule has 2 atom stereocenters. The SMILES string of the molecule is CC/C=C(\N=C/C(C)C(=C/CC)/C=C(/C=O)C(C)C(C)C)OC. The third-order valence-electron chi connectivity index (χ3n) is 3.97. The number of aldehydes is 1. The maximum absolute atomic E-state index is 11.5. The average Bonchev–Trinajstić information content (AvgIpc) is 2.54. The number of allylic oxidation sites excluding steroid dienone is 5. The lowest BCUT2D eigenvalue weighted by molar-refractivity contribution is -0.105. The van der Waals surface area contributed by atoms with E-state index >= 15 is 0 Å². The topological polar surface area (TPSA) is 38.7 Å². The highest BCUT2D eigenvalue weighted by molar-refractivity contribution is 5.76. The predicted octanol–water partition coefficient (Wildman–Crippen LogP) is 5.34. The summed E-state index contributed by atoms with van der Waals surface area (Å²) in [5.41, 5.74) is 1.97. The number of carbonyl (C=O) groups is 1. The first-order valence-corrected chi connectivity index (χ1v) is 8.56. The maximum atomic E-state index is 11.5. The van der Waals surface area contributed by atoms with Gasteiger partial charge in [-0.3, -0.25) is 4.79 Å². The Hall–Kier alpha value is -1.64. The first-order chi connectivity index (χ1) is 10.9. The largest absolute Gasteiger partial charge is 0.481 e. The van der Waals surface area contributed by atoms with Gasteiger partial charge in [-0.25, -0.2) is 4.99 Å². The first-order valence-electron chi connectivity index (χ1n) is 8.56. The standard InChI is InChI=1S/C20H33NO2/c1-8-10-18(12-19(14-22)17(6)15(3)4)16(5)13-21-20(23-7)11-9-2/h10-17H,8-9H2,1-7H3/b18-10+,19-12-,20-11+,21-13-. The molecule has 0 heterocycles. The number of aliphatic imine (C=N–C) groups is 1. The van der Waals surface area contributed by atoms with Gasteiger partial charge in [-0.15, -0.1) is 0 Å². The molecule has 0 aromatic rings.